The lowest BCUT2D eigenvalue weighted by molar-refractivity contribution is -0.112. The Morgan fingerprint density at radius 3 is 2.37 bits per heavy atom. The van der Waals surface area contributed by atoms with Crippen molar-refractivity contribution >= 4 is 17.7 Å². The molecule has 1 unspecified atom stereocenters. The van der Waals surface area contributed by atoms with E-state index < -0.39 is 0 Å². The number of amides is 1. The van der Waals surface area contributed by atoms with Crippen molar-refractivity contribution in [1.29, 1.82) is 0 Å². The van der Waals surface area contributed by atoms with Gasteiger partial charge in [0.15, 0.2) is 0 Å². The normalized spacial score (nSPS) is 15.9. The van der Waals surface area contributed by atoms with Crippen molar-refractivity contribution in [2.45, 2.75) is 25.8 Å². The molecule has 1 amide bonds. The highest BCUT2D eigenvalue weighted by molar-refractivity contribution is 6.07. The van der Waals surface area contributed by atoms with Crippen LogP contribution in [-0.4, -0.2) is 44.1 Å². The summed E-state index contributed by atoms with van der Waals surface area (Å²) in [7, 11) is 1.73. The molecular weight excluding hydrogens is 506 g/mol. The molecule has 0 radical (unpaired) electrons. The number of methoxy groups -OCH3 is 1. The molecule has 1 aliphatic carbocycles. The first-order valence-corrected chi connectivity index (χ1v) is 14.5. The molecule has 2 aliphatic rings. The van der Waals surface area contributed by atoms with Gasteiger partial charge in [0, 0.05) is 43.0 Å². The third kappa shape index (κ3) is 5.97. The molecule has 0 aromatic heterocycles. The van der Waals surface area contributed by atoms with Gasteiger partial charge in [-0.15, -0.1) is 0 Å². The van der Waals surface area contributed by atoms with Crippen LogP contribution < -0.4 is 15.4 Å². The van der Waals surface area contributed by atoms with Crippen LogP contribution in [0.25, 0.3) is 17.2 Å². The zero-order valence-electron chi connectivity index (χ0n) is 23.8. The van der Waals surface area contributed by atoms with E-state index in [1.807, 2.05) is 24.3 Å². The van der Waals surface area contributed by atoms with E-state index in [2.05, 4.69) is 95.3 Å². The van der Waals surface area contributed by atoms with Crippen LogP contribution in [0.3, 0.4) is 0 Å². The molecule has 5 heteroatoms. The Hall–Kier alpha value is -4.19. The molecule has 0 bridgehead atoms. The standard InChI is InChI=1S/C36H37N3O2/c1-25-7-9-26(10-8-25)29-13-11-27-12-14-30(24-31(27)23-29)36(40)38-32-17-15-28(16-18-32)35(39-21-19-37-20-22-39)33-5-3-4-6-34(33)41-2/h3-11,13,15-18,23-24,35,37H,12,14,19-22H2,1-2H3,(H,38,40). The summed E-state index contributed by atoms with van der Waals surface area (Å²) >= 11 is 0. The van der Waals surface area contributed by atoms with Crippen LogP contribution in [0, 0.1) is 6.92 Å². The lowest BCUT2D eigenvalue weighted by Crippen LogP contribution is -2.45. The van der Waals surface area contributed by atoms with Crippen LogP contribution in [0.5, 0.6) is 5.75 Å². The highest BCUT2D eigenvalue weighted by Crippen LogP contribution is 2.36. The van der Waals surface area contributed by atoms with Gasteiger partial charge in [-0.2, -0.15) is 0 Å². The molecule has 1 saturated heterocycles. The van der Waals surface area contributed by atoms with Gasteiger partial charge in [-0.3, -0.25) is 9.69 Å². The van der Waals surface area contributed by atoms with E-state index >= 15 is 0 Å². The number of benzene rings is 4. The van der Waals surface area contributed by atoms with Crippen molar-refractivity contribution in [3.8, 4) is 16.9 Å². The van der Waals surface area contributed by atoms with E-state index in [1.165, 1.54) is 27.8 Å². The summed E-state index contributed by atoms with van der Waals surface area (Å²) in [5, 5.41) is 6.60. The number of rotatable bonds is 7. The van der Waals surface area contributed by atoms with Crippen LogP contribution in [0.15, 0.2) is 96.6 Å². The Balaban J connectivity index is 1.21. The van der Waals surface area contributed by atoms with E-state index in [4.69, 9.17) is 4.74 Å². The van der Waals surface area contributed by atoms with Gasteiger partial charge in [0.1, 0.15) is 5.75 Å². The number of carbonyl (C=O) groups excluding carboxylic acids is 1. The van der Waals surface area contributed by atoms with Gasteiger partial charge in [0.25, 0.3) is 5.91 Å². The molecule has 1 fully saturated rings. The van der Waals surface area contributed by atoms with Gasteiger partial charge < -0.3 is 15.4 Å². The van der Waals surface area contributed by atoms with Crippen LogP contribution in [0.4, 0.5) is 5.69 Å². The monoisotopic (exact) mass is 543 g/mol. The van der Waals surface area contributed by atoms with Crippen LogP contribution >= 0.6 is 0 Å². The lowest BCUT2D eigenvalue weighted by atomic mass is 9.89. The van der Waals surface area contributed by atoms with Gasteiger partial charge in [-0.25, -0.2) is 0 Å². The van der Waals surface area contributed by atoms with Gasteiger partial charge >= 0.3 is 0 Å². The third-order valence-corrected chi connectivity index (χ3v) is 8.25. The number of para-hydroxylation sites is 1. The summed E-state index contributed by atoms with van der Waals surface area (Å²) in [5.41, 5.74) is 9.99. The SMILES string of the molecule is COc1ccccc1C(c1ccc(NC(=O)C2=Cc3cc(-c4ccc(C)cc4)ccc3CC2)cc1)N1CCNCC1. The first-order chi connectivity index (χ1) is 20.1. The molecule has 41 heavy (non-hydrogen) atoms. The largest absolute Gasteiger partial charge is 0.496 e. The van der Waals surface area contributed by atoms with Crippen molar-refractivity contribution in [2.24, 2.45) is 0 Å². The van der Waals surface area contributed by atoms with Gasteiger partial charge in [0.2, 0.25) is 0 Å². The number of ether oxygens (including phenoxy) is 1. The van der Waals surface area contributed by atoms with E-state index in [0.717, 1.165) is 67.2 Å². The van der Waals surface area contributed by atoms with Gasteiger partial charge in [-0.05, 0) is 77.9 Å². The van der Waals surface area contributed by atoms with Crippen LogP contribution in [0.1, 0.15) is 40.3 Å². The number of nitrogens with one attached hydrogen (secondary N) is 2. The van der Waals surface area contributed by atoms with Crippen LogP contribution in [0.2, 0.25) is 0 Å². The second kappa shape index (κ2) is 12.1. The van der Waals surface area contributed by atoms with E-state index in [0.29, 0.717) is 0 Å². The molecule has 0 saturated carbocycles. The maximum Gasteiger partial charge on any atom is 0.251 e. The highest BCUT2D eigenvalue weighted by Gasteiger charge is 2.26. The number of aryl methyl sites for hydroxylation is 2. The Bertz CT molecular complexity index is 1550. The average Bonchev–Trinajstić information content (AvgIpc) is 3.02. The maximum atomic E-state index is 13.3. The average molecular weight is 544 g/mol. The molecule has 6 rings (SSSR count). The molecular formula is C36H37N3O2. The van der Waals surface area contributed by atoms with Crippen molar-refractivity contribution in [3.05, 3.63) is 124 Å². The first-order valence-electron chi connectivity index (χ1n) is 14.5. The quantitative estimate of drug-likeness (QED) is 0.275. The zero-order valence-corrected chi connectivity index (χ0v) is 23.8. The number of carbonyl (C=O) groups is 1. The minimum Gasteiger partial charge on any atom is -0.496 e. The third-order valence-electron chi connectivity index (χ3n) is 8.25. The highest BCUT2D eigenvalue weighted by atomic mass is 16.5. The second-order valence-electron chi connectivity index (χ2n) is 11.0. The molecule has 1 heterocycles. The Morgan fingerprint density at radius 2 is 1.61 bits per heavy atom. The minimum atomic E-state index is -0.0347. The molecule has 5 nitrogen and oxygen atoms in total. The van der Waals surface area contributed by atoms with Gasteiger partial charge in [0.05, 0.1) is 13.2 Å². The fourth-order valence-electron chi connectivity index (χ4n) is 5.97. The van der Waals surface area contributed by atoms with Crippen molar-refractivity contribution < 1.29 is 9.53 Å². The zero-order chi connectivity index (χ0) is 28.2. The fourth-order valence-corrected chi connectivity index (χ4v) is 5.97. The summed E-state index contributed by atoms with van der Waals surface area (Å²) in [6.45, 7) is 5.95. The molecule has 4 aromatic carbocycles. The number of anilines is 1. The predicted octanol–water partition coefficient (Wildman–Crippen LogP) is 6.63. The fraction of sp³-hybridized carbons (Fsp3) is 0.250. The van der Waals surface area contributed by atoms with E-state index in [1.54, 1.807) is 7.11 Å². The summed E-state index contributed by atoms with van der Waals surface area (Å²) in [6.07, 6.45) is 3.66. The minimum absolute atomic E-state index is 0.0347. The number of hydrogen-bond acceptors (Lipinski definition) is 4. The van der Waals surface area contributed by atoms with Crippen molar-refractivity contribution in [1.82, 2.24) is 10.2 Å². The predicted molar refractivity (Wildman–Crippen MR) is 167 cm³/mol. The smallest absolute Gasteiger partial charge is 0.251 e. The maximum absolute atomic E-state index is 13.3. The van der Waals surface area contributed by atoms with Crippen LogP contribution in [-0.2, 0) is 11.2 Å². The summed E-state index contributed by atoms with van der Waals surface area (Å²) in [6, 6.07) is 31.8. The lowest BCUT2D eigenvalue weighted by Gasteiger charge is -2.36. The molecule has 1 atom stereocenters. The topological polar surface area (TPSA) is 53.6 Å². The summed E-state index contributed by atoms with van der Waals surface area (Å²) in [5.74, 6) is 0.857. The molecule has 1 aliphatic heterocycles. The molecule has 2 N–H and O–H groups in total. The van der Waals surface area contributed by atoms with Crippen molar-refractivity contribution in [2.75, 3.05) is 38.6 Å². The second-order valence-corrected chi connectivity index (χ2v) is 11.0. The van der Waals surface area contributed by atoms with E-state index in [-0.39, 0.29) is 11.9 Å². The van der Waals surface area contributed by atoms with Crippen molar-refractivity contribution in [3.63, 3.8) is 0 Å². The number of nitrogens with zero attached hydrogens (tertiary/aromatic N) is 1. The molecule has 208 valence electrons. The summed E-state index contributed by atoms with van der Waals surface area (Å²) < 4.78 is 5.74. The molecule has 4 aromatic rings. The van der Waals surface area contributed by atoms with E-state index in [9.17, 15) is 4.79 Å². The number of hydrogen-bond donors (Lipinski definition) is 2. The first kappa shape index (κ1) is 27.0. The Kier molecular flexibility index (Phi) is 7.99. The Morgan fingerprint density at radius 1 is 0.878 bits per heavy atom. The summed E-state index contributed by atoms with van der Waals surface area (Å²) in [4.78, 5) is 15.8. The van der Waals surface area contributed by atoms with Gasteiger partial charge in [-0.1, -0.05) is 72.3 Å². The Labute approximate surface area is 242 Å². The number of fused-ring (bicyclic) bond motifs is 1. The number of piperazine rings is 1. The molecule has 0 spiro atoms.